The molecular formula is C27H22ClN3O2S. The summed E-state index contributed by atoms with van der Waals surface area (Å²) in [6.07, 6.45) is 0.228. The van der Waals surface area contributed by atoms with Crippen LogP contribution in [0.4, 0.5) is 5.69 Å². The minimum absolute atomic E-state index is 0.00679. The fourth-order valence-electron chi connectivity index (χ4n) is 4.07. The molecule has 1 aliphatic rings. The quantitative estimate of drug-likeness (QED) is 0.356. The molecular weight excluding hydrogens is 466 g/mol. The molecule has 2 heterocycles. The number of halogens is 1. The van der Waals surface area contributed by atoms with Gasteiger partial charge in [-0.15, -0.1) is 11.3 Å². The Hall–Kier alpha value is -3.48. The van der Waals surface area contributed by atoms with E-state index in [4.69, 9.17) is 16.6 Å². The average molecular weight is 488 g/mol. The highest BCUT2D eigenvalue weighted by atomic mass is 35.5. The molecule has 0 radical (unpaired) electrons. The third kappa shape index (κ3) is 4.88. The second-order valence-electron chi connectivity index (χ2n) is 8.25. The van der Waals surface area contributed by atoms with Gasteiger partial charge in [0.25, 0.3) is 0 Å². The van der Waals surface area contributed by atoms with Gasteiger partial charge in [0.05, 0.1) is 16.6 Å². The highest BCUT2D eigenvalue weighted by molar-refractivity contribution is 7.13. The van der Waals surface area contributed by atoms with Crippen LogP contribution in [0.2, 0.25) is 5.02 Å². The lowest BCUT2D eigenvalue weighted by molar-refractivity contribution is -0.128. The first-order chi connectivity index (χ1) is 16.6. The number of rotatable bonds is 6. The molecule has 0 bridgehead atoms. The Balaban J connectivity index is 1.26. The lowest BCUT2D eigenvalue weighted by atomic mass is 10.1. The number of carbonyl (C=O) groups is 2. The molecule has 1 aliphatic heterocycles. The smallest absolute Gasteiger partial charge is 0.229 e. The zero-order valence-electron chi connectivity index (χ0n) is 18.3. The maximum Gasteiger partial charge on any atom is 0.229 e. The Labute approximate surface area is 207 Å². The molecule has 5 rings (SSSR count). The zero-order chi connectivity index (χ0) is 23.5. The Bertz CT molecular complexity index is 1340. The normalized spacial score (nSPS) is 15.5. The fourth-order valence-corrected chi connectivity index (χ4v) is 5.22. The summed E-state index contributed by atoms with van der Waals surface area (Å²) in [6.45, 7) is 0.947. The van der Waals surface area contributed by atoms with Crippen molar-refractivity contribution >= 4 is 40.4 Å². The van der Waals surface area contributed by atoms with E-state index in [9.17, 15) is 9.59 Å². The monoisotopic (exact) mass is 487 g/mol. The van der Waals surface area contributed by atoms with Crippen molar-refractivity contribution in [2.24, 2.45) is 5.92 Å². The maximum atomic E-state index is 12.9. The summed E-state index contributed by atoms with van der Waals surface area (Å²) in [5.41, 5.74) is 4.37. The summed E-state index contributed by atoms with van der Waals surface area (Å²) in [7, 11) is 0. The number of hydrogen-bond donors (Lipinski definition) is 1. The summed E-state index contributed by atoms with van der Waals surface area (Å²) in [5, 5.41) is 6.48. The van der Waals surface area contributed by atoms with Crippen LogP contribution in [0, 0.1) is 5.92 Å². The van der Waals surface area contributed by atoms with Crippen molar-refractivity contribution in [1.29, 1.82) is 0 Å². The standard InChI is InChI=1S/C27H22ClN3O2S/c28-23-12-5-4-11-22(23)27-30-24(17-34-27)19-9-6-10-21(13-19)29-26(33)20-14-25(32)31(16-20)15-18-7-2-1-3-8-18/h1-13,17,20H,14-16H2,(H,29,33). The van der Waals surface area contributed by atoms with E-state index in [-0.39, 0.29) is 24.2 Å². The molecule has 7 heteroatoms. The Morgan fingerprint density at radius 1 is 1.06 bits per heavy atom. The van der Waals surface area contributed by atoms with Crippen LogP contribution in [0.3, 0.4) is 0 Å². The Kier molecular flexibility index (Phi) is 6.43. The zero-order valence-corrected chi connectivity index (χ0v) is 19.9. The predicted molar refractivity (Wildman–Crippen MR) is 137 cm³/mol. The summed E-state index contributed by atoms with van der Waals surface area (Å²) in [5.74, 6) is -0.505. The summed E-state index contributed by atoms with van der Waals surface area (Å²) in [4.78, 5) is 31.9. The number of nitrogens with zero attached hydrogens (tertiary/aromatic N) is 2. The van der Waals surface area contributed by atoms with Gasteiger partial charge in [-0.1, -0.05) is 72.3 Å². The fraction of sp³-hybridized carbons (Fsp3) is 0.148. The van der Waals surface area contributed by atoms with E-state index in [1.54, 1.807) is 4.90 Å². The van der Waals surface area contributed by atoms with Crippen molar-refractivity contribution in [2.45, 2.75) is 13.0 Å². The topological polar surface area (TPSA) is 62.3 Å². The van der Waals surface area contributed by atoms with Gasteiger partial charge in [-0.25, -0.2) is 4.98 Å². The van der Waals surface area contributed by atoms with E-state index in [1.807, 2.05) is 84.2 Å². The van der Waals surface area contributed by atoms with Gasteiger partial charge in [0, 0.05) is 41.7 Å². The number of hydrogen-bond acceptors (Lipinski definition) is 4. The average Bonchev–Trinajstić information content (AvgIpc) is 3.48. The van der Waals surface area contributed by atoms with Gasteiger partial charge < -0.3 is 10.2 Å². The minimum atomic E-state index is -0.369. The van der Waals surface area contributed by atoms with Crippen LogP contribution < -0.4 is 5.32 Å². The molecule has 1 atom stereocenters. The van der Waals surface area contributed by atoms with E-state index < -0.39 is 0 Å². The van der Waals surface area contributed by atoms with Gasteiger partial charge >= 0.3 is 0 Å². The van der Waals surface area contributed by atoms with Gasteiger partial charge in [-0.2, -0.15) is 0 Å². The summed E-state index contributed by atoms with van der Waals surface area (Å²) < 4.78 is 0. The first-order valence-electron chi connectivity index (χ1n) is 11.0. The highest BCUT2D eigenvalue weighted by Gasteiger charge is 2.34. The molecule has 0 aliphatic carbocycles. The number of benzene rings is 3. The molecule has 3 aromatic carbocycles. The van der Waals surface area contributed by atoms with Crippen LogP contribution in [0.1, 0.15) is 12.0 Å². The third-order valence-electron chi connectivity index (χ3n) is 5.84. The van der Waals surface area contributed by atoms with E-state index in [1.165, 1.54) is 11.3 Å². The van der Waals surface area contributed by atoms with Crippen LogP contribution in [0.25, 0.3) is 21.8 Å². The van der Waals surface area contributed by atoms with Crippen LogP contribution in [-0.2, 0) is 16.1 Å². The number of anilines is 1. The van der Waals surface area contributed by atoms with Crippen LogP contribution in [0.15, 0.2) is 84.2 Å². The molecule has 0 spiro atoms. The molecule has 1 saturated heterocycles. The number of thiazole rings is 1. The molecule has 1 N–H and O–H groups in total. The lowest BCUT2D eigenvalue weighted by Gasteiger charge is -2.16. The predicted octanol–water partition coefficient (Wildman–Crippen LogP) is 6.12. The second kappa shape index (κ2) is 9.79. The van der Waals surface area contributed by atoms with Gasteiger partial charge in [0.2, 0.25) is 11.8 Å². The number of nitrogens with one attached hydrogen (secondary N) is 1. The number of likely N-dealkylation sites (tertiary alicyclic amines) is 1. The molecule has 170 valence electrons. The van der Waals surface area contributed by atoms with Crippen molar-refractivity contribution in [3.63, 3.8) is 0 Å². The molecule has 1 aromatic heterocycles. The van der Waals surface area contributed by atoms with Gasteiger partial charge in [0.1, 0.15) is 5.01 Å². The van der Waals surface area contributed by atoms with Gasteiger partial charge in [-0.05, 0) is 23.8 Å². The van der Waals surface area contributed by atoms with Crippen molar-refractivity contribution < 1.29 is 9.59 Å². The first kappa shape index (κ1) is 22.3. The molecule has 4 aromatic rings. The Morgan fingerprint density at radius 2 is 1.85 bits per heavy atom. The Morgan fingerprint density at radius 3 is 2.68 bits per heavy atom. The van der Waals surface area contributed by atoms with Crippen molar-refractivity contribution in [3.8, 4) is 21.8 Å². The summed E-state index contributed by atoms with van der Waals surface area (Å²) >= 11 is 7.84. The first-order valence-corrected chi connectivity index (χ1v) is 12.3. The lowest BCUT2D eigenvalue weighted by Crippen LogP contribution is -2.28. The summed E-state index contributed by atoms with van der Waals surface area (Å²) in [6, 6.07) is 25.1. The maximum absolute atomic E-state index is 12.9. The molecule has 2 amide bonds. The highest BCUT2D eigenvalue weighted by Crippen LogP contribution is 2.33. The number of aromatic nitrogens is 1. The van der Waals surface area contributed by atoms with Crippen LogP contribution in [-0.4, -0.2) is 28.2 Å². The number of carbonyl (C=O) groups excluding carboxylic acids is 2. The van der Waals surface area contributed by atoms with E-state index >= 15 is 0 Å². The van der Waals surface area contributed by atoms with Crippen molar-refractivity contribution in [2.75, 3.05) is 11.9 Å². The number of amides is 2. The van der Waals surface area contributed by atoms with E-state index in [2.05, 4.69) is 5.32 Å². The van der Waals surface area contributed by atoms with E-state index in [0.717, 1.165) is 27.4 Å². The minimum Gasteiger partial charge on any atom is -0.338 e. The SMILES string of the molecule is O=C(Nc1cccc(-c2csc(-c3ccccc3Cl)n2)c1)C1CC(=O)N(Cc2ccccc2)C1. The van der Waals surface area contributed by atoms with Crippen molar-refractivity contribution in [1.82, 2.24) is 9.88 Å². The van der Waals surface area contributed by atoms with Crippen LogP contribution >= 0.6 is 22.9 Å². The largest absolute Gasteiger partial charge is 0.338 e. The second-order valence-corrected chi connectivity index (χ2v) is 9.51. The molecule has 1 unspecified atom stereocenters. The molecule has 1 fully saturated rings. The third-order valence-corrected chi connectivity index (χ3v) is 7.04. The van der Waals surface area contributed by atoms with Crippen LogP contribution in [0.5, 0.6) is 0 Å². The van der Waals surface area contributed by atoms with Gasteiger partial charge in [0.15, 0.2) is 0 Å². The molecule has 34 heavy (non-hydrogen) atoms. The van der Waals surface area contributed by atoms with Gasteiger partial charge in [-0.3, -0.25) is 9.59 Å². The molecule has 5 nitrogen and oxygen atoms in total. The van der Waals surface area contributed by atoms with E-state index in [0.29, 0.717) is 23.8 Å². The van der Waals surface area contributed by atoms with Crippen molar-refractivity contribution in [3.05, 3.63) is 94.8 Å². The molecule has 0 saturated carbocycles.